The molecule has 1 saturated carbocycles. The topological polar surface area (TPSA) is 47.3 Å². The largest absolute Gasteiger partial charge is 0.376 e. The molecule has 0 bridgehead atoms. The van der Waals surface area contributed by atoms with E-state index in [0.29, 0.717) is 18.8 Å². The maximum atomic E-state index is 14.1. The second-order valence-corrected chi connectivity index (χ2v) is 5.82. The first-order valence-corrected chi connectivity index (χ1v) is 7.10. The van der Waals surface area contributed by atoms with Gasteiger partial charge in [-0.25, -0.2) is 18.6 Å². The molecule has 1 aromatic carbocycles. The Bertz CT molecular complexity index is 502. The Balaban J connectivity index is 2.41. The quantitative estimate of drug-likeness (QED) is 0.510. The third kappa shape index (κ3) is 2.93. The molecule has 6 heteroatoms. The van der Waals surface area contributed by atoms with Crippen LogP contribution in [0.25, 0.3) is 0 Å². The van der Waals surface area contributed by atoms with Crippen molar-refractivity contribution in [3.63, 3.8) is 0 Å². The third-order valence-corrected chi connectivity index (χ3v) is 4.60. The molecule has 1 aromatic rings. The smallest absolute Gasteiger partial charge is 0.194 e. The van der Waals surface area contributed by atoms with Gasteiger partial charge in [-0.15, -0.1) is 0 Å². The zero-order valence-electron chi connectivity index (χ0n) is 12.3. The molecule has 1 aliphatic rings. The first kappa shape index (κ1) is 16.3. The molecule has 1 aliphatic carbocycles. The van der Waals surface area contributed by atoms with Gasteiger partial charge in [0.25, 0.3) is 0 Å². The average Bonchev–Trinajstić information content (AvgIpc) is 2.50. The van der Waals surface area contributed by atoms with Crippen LogP contribution in [0.3, 0.4) is 0 Å². The van der Waals surface area contributed by atoms with Gasteiger partial charge in [0.15, 0.2) is 17.5 Å². The van der Waals surface area contributed by atoms with Crippen molar-refractivity contribution >= 4 is 0 Å². The highest BCUT2D eigenvalue weighted by molar-refractivity contribution is 5.26. The van der Waals surface area contributed by atoms with Crippen LogP contribution < -0.4 is 11.3 Å². The maximum Gasteiger partial charge on any atom is 0.194 e. The summed E-state index contributed by atoms with van der Waals surface area (Å²) in [6, 6.07) is 1.40. The first-order valence-electron chi connectivity index (χ1n) is 7.10. The molecule has 118 valence electrons. The lowest BCUT2D eigenvalue weighted by atomic mass is 9.73. The molecule has 3 N–H and O–H groups in total. The summed E-state index contributed by atoms with van der Waals surface area (Å²) in [6.45, 7) is 2.14. The van der Waals surface area contributed by atoms with Crippen molar-refractivity contribution in [2.24, 2.45) is 11.8 Å². The molecule has 1 fully saturated rings. The number of hydrogen-bond acceptors (Lipinski definition) is 3. The summed E-state index contributed by atoms with van der Waals surface area (Å²) in [6.07, 6.45) is 3.19. The Morgan fingerprint density at radius 2 is 1.86 bits per heavy atom. The minimum atomic E-state index is -1.48. The Labute approximate surface area is 122 Å². The highest BCUT2D eigenvalue weighted by atomic mass is 19.2. The van der Waals surface area contributed by atoms with Gasteiger partial charge in [-0.1, -0.05) is 13.0 Å². The molecular formula is C15H21F3N2O. The molecule has 0 spiro atoms. The second kappa shape index (κ2) is 6.34. The van der Waals surface area contributed by atoms with Gasteiger partial charge >= 0.3 is 0 Å². The van der Waals surface area contributed by atoms with Gasteiger partial charge in [0.05, 0.1) is 11.6 Å². The molecule has 1 atom stereocenters. The lowest BCUT2D eigenvalue weighted by Crippen LogP contribution is -2.50. The van der Waals surface area contributed by atoms with Crippen LogP contribution in [-0.4, -0.2) is 12.7 Å². The fourth-order valence-corrected chi connectivity index (χ4v) is 3.15. The van der Waals surface area contributed by atoms with Crippen molar-refractivity contribution in [3.8, 4) is 0 Å². The molecule has 0 saturated heterocycles. The van der Waals surface area contributed by atoms with E-state index in [2.05, 4.69) is 12.3 Å². The molecule has 1 unspecified atom stereocenters. The van der Waals surface area contributed by atoms with Gasteiger partial charge in [0.2, 0.25) is 0 Å². The maximum absolute atomic E-state index is 14.1. The van der Waals surface area contributed by atoms with Gasteiger partial charge in [0, 0.05) is 12.7 Å². The van der Waals surface area contributed by atoms with E-state index in [9.17, 15) is 13.2 Å². The lowest BCUT2D eigenvalue weighted by molar-refractivity contribution is -0.0769. The summed E-state index contributed by atoms with van der Waals surface area (Å²) in [4.78, 5) is 0. The van der Waals surface area contributed by atoms with E-state index in [1.165, 1.54) is 13.2 Å². The Morgan fingerprint density at radius 3 is 2.38 bits per heavy atom. The van der Waals surface area contributed by atoms with Crippen LogP contribution in [0, 0.1) is 23.4 Å². The number of nitrogens with one attached hydrogen (secondary N) is 1. The SMILES string of the molecule is COC1(C(NN)c2ccc(F)c(F)c2F)CCC(C)CC1. The number of rotatable bonds is 4. The van der Waals surface area contributed by atoms with E-state index in [0.717, 1.165) is 18.9 Å². The number of nitrogens with two attached hydrogens (primary N) is 1. The number of methoxy groups -OCH3 is 1. The van der Waals surface area contributed by atoms with E-state index >= 15 is 0 Å². The highest BCUT2D eigenvalue weighted by Crippen LogP contribution is 2.43. The van der Waals surface area contributed by atoms with E-state index in [1.807, 2.05) is 0 Å². The molecule has 0 heterocycles. The Morgan fingerprint density at radius 1 is 1.24 bits per heavy atom. The molecule has 2 rings (SSSR count). The highest BCUT2D eigenvalue weighted by Gasteiger charge is 2.43. The standard InChI is InChI=1S/C15H21F3N2O/c1-9-5-7-15(21-2,8-6-9)14(20-19)10-3-4-11(16)13(18)12(10)17/h3-4,9,14,20H,5-8,19H2,1-2H3. The molecule has 0 aromatic heterocycles. The van der Waals surface area contributed by atoms with Crippen molar-refractivity contribution in [2.75, 3.05) is 7.11 Å². The summed E-state index contributed by atoms with van der Waals surface area (Å²) in [5, 5.41) is 0. The van der Waals surface area contributed by atoms with E-state index in [4.69, 9.17) is 10.6 Å². The van der Waals surface area contributed by atoms with E-state index in [-0.39, 0.29) is 5.56 Å². The number of benzene rings is 1. The van der Waals surface area contributed by atoms with Crippen molar-refractivity contribution in [2.45, 2.75) is 44.2 Å². The van der Waals surface area contributed by atoms with Gasteiger partial charge in [-0.2, -0.15) is 0 Å². The predicted octanol–water partition coefficient (Wildman–Crippen LogP) is 3.20. The van der Waals surface area contributed by atoms with Gasteiger partial charge < -0.3 is 4.74 Å². The monoisotopic (exact) mass is 302 g/mol. The molecule has 21 heavy (non-hydrogen) atoms. The molecule has 0 aliphatic heterocycles. The zero-order chi connectivity index (χ0) is 15.6. The summed E-state index contributed by atoms with van der Waals surface area (Å²) in [5.41, 5.74) is 1.81. The van der Waals surface area contributed by atoms with Crippen molar-refractivity contribution in [1.82, 2.24) is 5.43 Å². The molecule has 0 radical (unpaired) electrons. The number of hydrazine groups is 1. The molecular weight excluding hydrogens is 281 g/mol. The van der Waals surface area contributed by atoms with E-state index in [1.54, 1.807) is 0 Å². The third-order valence-electron chi connectivity index (χ3n) is 4.60. The van der Waals surface area contributed by atoms with Crippen molar-refractivity contribution in [3.05, 3.63) is 35.1 Å². The summed E-state index contributed by atoms with van der Waals surface area (Å²) in [7, 11) is 1.54. The zero-order valence-corrected chi connectivity index (χ0v) is 12.3. The van der Waals surface area contributed by atoms with Crippen LogP contribution in [0.2, 0.25) is 0 Å². The van der Waals surface area contributed by atoms with Crippen LogP contribution in [-0.2, 0) is 4.74 Å². The number of ether oxygens (including phenoxy) is 1. The van der Waals surface area contributed by atoms with Gasteiger partial charge in [-0.05, 0) is 37.7 Å². The second-order valence-electron chi connectivity index (χ2n) is 5.82. The normalized spacial score (nSPS) is 27.6. The van der Waals surface area contributed by atoms with Crippen molar-refractivity contribution in [1.29, 1.82) is 0 Å². The van der Waals surface area contributed by atoms with Crippen LogP contribution in [0.4, 0.5) is 13.2 Å². The average molecular weight is 302 g/mol. The molecule has 0 amide bonds. The summed E-state index contributed by atoms with van der Waals surface area (Å²) < 4.78 is 46.3. The minimum absolute atomic E-state index is 0.00666. The predicted molar refractivity (Wildman–Crippen MR) is 73.8 cm³/mol. The number of halogens is 3. The minimum Gasteiger partial charge on any atom is -0.376 e. The summed E-state index contributed by atoms with van der Waals surface area (Å²) >= 11 is 0. The van der Waals surface area contributed by atoms with Crippen LogP contribution >= 0.6 is 0 Å². The van der Waals surface area contributed by atoms with Crippen molar-refractivity contribution < 1.29 is 17.9 Å². The van der Waals surface area contributed by atoms with Gasteiger partial charge in [-0.3, -0.25) is 5.84 Å². The fourth-order valence-electron chi connectivity index (χ4n) is 3.15. The fraction of sp³-hybridized carbons (Fsp3) is 0.600. The van der Waals surface area contributed by atoms with Crippen LogP contribution in [0.15, 0.2) is 12.1 Å². The Hall–Kier alpha value is -1.11. The summed E-state index contributed by atoms with van der Waals surface area (Å²) in [5.74, 6) is 2.22. The van der Waals surface area contributed by atoms with Crippen LogP contribution in [0.5, 0.6) is 0 Å². The Kier molecular flexibility index (Phi) is 4.91. The van der Waals surface area contributed by atoms with Gasteiger partial charge in [0.1, 0.15) is 0 Å². The number of hydrogen-bond donors (Lipinski definition) is 2. The molecule has 3 nitrogen and oxygen atoms in total. The van der Waals surface area contributed by atoms with E-state index < -0.39 is 29.1 Å². The first-order chi connectivity index (χ1) is 9.95. The lowest BCUT2D eigenvalue weighted by Gasteiger charge is -2.44. The van der Waals surface area contributed by atoms with Crippen LogP contribution in [0.1, 0.15) is 44.2 Å².